The van der Waals surface area contributed by atoms with E-state index >= 15 is 0 Å². The van der Waals surface area contributed by atoms with E-state index in [0.717, 1.165) is 23.3 Å². The van der Waals surface area contributed by atoms with Gasteiger partial charge in [0.25, 0.3) is 0 Å². The zero-order valence-electron chi connectivity index (χ0n) is 23.1. The molecule has 7 rings (SSSR count). The van der Waals surface area contributed by atoms with Gasteiger partial charge in [-0.3, -0.25) is 4.79 Å². The van der Waals surface area contributed by atoms with Crippen LogP contribution in [0.5, 0.6) is 5.75 Å². The number of carbonyl (C=O) groups excluding carboxylic acids is 2. The van der Waals surface area contributed by atoms with Crippen molar-refractivity contribution in [3.05, 3.63) is 65.7 Å². The average Bonchev–Trinajstić information content (AvgIpc) is 3.14. The Morgan fingerprint density at radius 1 is 0.974 bits per heavy atom. The molecule has 2 heterocycles. The van der Waals surface area contributed by atoms with Crippen molar-refractivity contribution in [2.24, 2.45) is 22.2 Å². The summed E-state index contributed by atoms with van der Waals surface area (Å²) < 4.78 is 30.7. The molecule has 2 aliphatic heterocycles. The maximum Gasteiger partial charge on any atom is 0.339 e. The van der Waals surface area contributed by atoms with Crippen LogP contribution in [0.1, 0.15) is 50.7 Å². The molecule has 3 aliphatic carbocycles. The van der Waals surface area contributed by atoms with Gasteiger partial charge in [-0.25, -0.2) is 4.79 Å². The first-order valence-corrected chi connectivity index (χ1v) is 14.0. The van der Waals surface area contributed by atoms with Crippen molar-refractivity contribution < 1.29 is 33.3 Å². The third-order valence-electron chi connectivity index (χ3n) is 9.69. The van der Waals surface area contributed by atoms with Crippen LogP contribution < -0.4 is 4.74 Å². The van der Waals surface area contributed by atoms with Crippen LogP contribution in [-0.4, -0.2) is 50.4 Å². The lowest BCUT2D eigenvalue weighted by atomic mass is 9.42. The maximum atomic E-state index is 14.0. The summed E-state index contributed by atoms with van der Waals surface area (Å²) in [6.07, 6.45) is 2.14. The van der Waals surface area contributed by atoms with E-state index in [0.29, 0.717) is 39.1 Å². The van der Waals surface area contributed by atoms with Crippen LogP contribution in [0.25, 0.3) is 0 Å². The van der Waals surface area contributed by atoms with Gasteiger partial charge in [-0.05, 0) is 48.4 Å². The molecule has 0 N–H and O–H groups in total. The van der Waals surface area contributed by atoms with Crippen molar-refractivity contribution in [3.8, 4) is 5.75 Å². The third kappa shape index (κ3) is 3.96. The van der Waals surface area contributed by atoms with E-state index in [-0.39, 0.29) is 30.9 Å². The molecule has 3 saturated carbocycles. The van der Waals surface area contributed by atoms with E-state index in [1.807, 2.05) is 54.6 Å². The highest BCUT2D eigenvalue weighted by atomic mass is 16.6. The monoisotopic (exact) mass is 534 g/mol. The van der Waals surface area contributed by atoms with Gasteiger partial charge in [-0.1, -0.05) is 56.3 Å². The molecule has 5 fully saturated rings. The van der Waals surface area contributed by atoms with Gasteiger partial charge in [-0.15, -0.1) is 0 Å². The van der Waals surface area contributed by atoms with Gasteiger partial charge in [0.2, 0.25) is 0 Å². The van der Waals surface area contributed by atoms with Gasteiger partial charge in [0.05, 0.1) is 50.5 Å². The second-order valence-corrected chi connectivity index (χ2v) is 12.5. The number of methoxy groups -OCH3 is 1. The van der Waals surface area contributed by atoms with Crippen molar-refractivity contribution in [1.29, 1.82) is 0 Å². The fourth-order valence-corrected chi connectivity index (χ4v) is 8.01. The van der Waals surface area contributed by atoms with Gasteiger partial charge >= 0.3 is 5.97 Å². The topological polar surface area (TPSA) is 80.3 Å². The molecule has 5 atom stereocenters. The van der Waals surface area contributed by atoms with Crippen molar-refractivity contribution in [1.82, 2.24) is 0 Å². The van der Waals surface area contributed by atoms with Crippen LogP contribution >= 0.6 is 0 Å². The number of rotatable bonds is 10. The first-order valence-electron chi connectivity index (χ1n) is 14.0. The van der Waals surface area contributed by atoms with Gasteiger partial charge in [0.15, 0.2) is 5.60 Å². The minimum absolute atomic E-state index is 0.116. The first kappa shape index (κ1) is 26.5. The molecule has 208 valence electrons. The van der Waals surface area contributed by atoms with Crippen LogP contribution in [0.15, 0.2) is 54.6 Å². The Bertz CT molecular complexity index is 1220. The van der Waals surface area contributed by atoms with E-state index in [2.05, 4.69) is 13.8 Å². The molecular formula is C32H38O7. The molecule has 1 spiro atoms. The molecule has 7 nitrogen and oxygen atoms in total. The molecule has 0 radical (unpaired) electrons. The van der Waals surface area contributed by atoms with Crippen molar-refractivity contribution in [2.75, 3.05) is 26.9 Å². The number of Topliss-reactive ketones (excluding diaryl/α,β-unsaturated/α-hetero) is 1. The lowest BCUT2D eigenvalue weighted by molar-refractivity contribution is -0.223. The zero-order chi connectivity index (χ0) is 27.3. The van der Waals surface area contributed by atoms with Gasteiger partial charge in [-0.2, -0.15) is 0 Å². The Morgan fingerprint density at radius 2 is 1.69 bits per heavy atom. The van der Waals surface area contributed by atoms with Crippen LogP contribution in [0, 0.1) is 22.2 Å². The van der Waals surface area contributed by atoms with Crippen molar-refractivity contribution in [2.45, 2.75) is 64.4 Å². The summed E-state index contributed by atoms with van der Waals surface area (Å²) in [6.45, 7) is 5.84. The smallest absolute Gasteiger partial charge is 0.339 e. The molecule has 2 aromatic carbocycles. The van der Waals surface area contributed by atoms with E-state index in [1.54, 1.807) is 7.11 Å². The minimum atomic E-state index is -1.24. The largest absolute Gasteiger partial charge is 0.497 e. The number of ether oxygens (including phenoxy) is 5. The quantitative estimate of drug-likeness (QED) is 0.401. The third-order valence-corrected chi connectivity index (χ3v) is 9.69. The molecule has 7 heteroatoms. The standard InChI is InChI=1S/C32H38O7/c1-29(2,19-36-18-23-9-11-25(35-3)12-10-23)27-30(20-37-17-22-7-5-4-6-8-22)21-38-28(34)32(39-27)16-24-13-14-31(30,32)26(33)15-24/h4-12,24,27H,13-21H2,1-3H3. The molecule has 2 saturated heterocycles. The second-order valence-electron chi connectivity index (χ2n) is 12.5. The molecule has 5 aliphatic rings. The second kappa shape index (κ2) is 9.72. The summed E-state index contributed by atoms with van der Waals surface area (Å²) in [5, 5.41) is 0. The lowest BCUT2D eigenvalue weighted by Crippen LogP contribution is -2.72. The number of fused-ring (bicyclic) bond motifs is 2. The Labute approximate surface area is 230 Å². The summed E-state index contributed by atoms with van der Waals surface area (Å²) in [5.41, 5.74) is -1.38. The molecule has 0 amide bonds. The predicted octanol–water partition coefficient (Wildman–Crippen LogP) is 4.89. The SMILES string of the molecule is COc1ccc(COCC(C)(C)C2OC34CC5CCC3(C(=O)C5)C2(COCc2ccccc2)COC4=O)cc1. The normalized spacial score (nSPS) is 33.1. The average molecular weight is 535 g/mol. The Balaban J connectivity index is 1.30. The van der Waals surface area contributed by atoms with Crippen LogP contribution in [-0.2, 0) is 41.8 Å². The number of hydrogen-bond donors (Lipinski definition) is 0. The summed E-state index contributed by atoms with van der Waals surface area (Å²) in [6, 6.07) is 17.8. The lowest BCUT2D eigenvalue weighted by Gasteiger charge is -2.60. The highest BCUT2D eigenvalue weighted by Crippen LogP contribution is 2.73. The number of esters is 1. The van der Waals surface area contributed by atoms with E-state index in [9.17, 15) is 9.59 Å². The molecule has 5 unspecified atom stereocenters. The predicted molar refractivity (Wildman–Crippen MR) is 143 cm³/mol. The molecule has 2 aromatic rings. The van der Waals surface area contributed by atoms with Crippen molar-refractivity contribution in [3.63, 3.8) is 0 Å². The van der Waals surface area contributed by atoms with E-state index in [1.165, 1.54) is 0 Å². The van der Waals surface area contributed by atoms with E-state index in [4.69, 9.17) is 23.7 Å². The summed E-state index contributed by atoms with van der Waals surface area (Å²) in [7, 11) is 1.65. The summed E-state index contributed by atoms with van der Waals surface area (Å²) in [4.78, 5) is 27.5. The van der Waals surface area contributed by atoms with Gasteiger partial charge in [0.1, 0.15) is 18.1 Å². The molecular weight excluding hydrogens is 496 g/mol. The summed E-state index contributed by atoms with van der Waals surface area (Å²) in [5.74, 6) is 0.716. The Morgan fingerprint density at radius 3 is 2.41 bits per heavy atom. The number of benzene rings is 2. The first-order chi connectivity index (χ1) is 18.8. The van der Waals surface area contributed by atoms with Gasteiger partial charge < -0.3 is 23.7 Å². The highest BCUT2D eigenvalue weighted by Gasteiger charge is 2.85. The fourth-order valence-electron chi connectivity index (χ4n) is 8.01. The highest BCUT2D eigenvalue weighted by molar-refractivity contribution is 5.99. The maximum absolute atomic E-state index is 14.0. The van der Waals surface area contributed by atoms with Crippen LogP contribution in [0.4, 0.5) is 0 Å². The minimum Gasteiger partial charge on any atom is -0.497 e. The van der Waals surface area contributed by atoms with Crippen LogP contribution in [0.3, 0.4) is 0 Å². The molecule has 0 aromatic heterocycles. The van der Waals surface area contributed by atoms with E-state index < -0.39 is 27.9 Å². The number of carbonyl (C=O) groups is 2. The number of ketones is 1. The Hall–Kier alpha value is -2.74. The Kier molecular flexibility index (Phi) is 6.60. The van der Waals surface area contributed by atoms with Gasteiger partial charge in [0, 0.05) is 11.8 Å². The summed E-state index contributed by atoms with van der Waals surface area (Å²) >= 11 is 0. The fraction of sp³-hybridized carbons (Fsp3) is 0.562. The van der Waals surface area contributed by atoms with Crippen LogP contribution in [0.2, 0.25) is 0 Å². The number of cyclic esters (lactones) is 1. The zero-order valence-corrected chi connectivity index (χ0v) is 23.1. The molecule has 39 heavy (non-hydrogen) atoms. The molecule has 4 bridgehead atoms. The van der Waals surface area contributed by atoms with Crippen molar-refractivity contribution >= 4 is 11.8 Å². The number of hydrogen-bond acceptors (Lipinski definition) is 7.